The second-order valence-electron chi connectivity index (χ2n) is 4.57. The van der Waals surface area contributed by atoms with Crippen molar-refractivity contribution in [1.29, 1.82) is 0 Å². The molecule has 1 aromatic heterocycles. The highest BCUT2D eigenvalue weighted by molar-refractivity contribution is 9.10. The van der Waals surface area contributed by atoms with E-state index in [1.54, 1.807) is 12.3 Å². The molecule has 5 heteroatoms. The summed E-state index contributed by atoms with van der Waals surface area (Å²) in [4.78, 5) is 2.23. The Kier molecular flexibility index (Phi) is 3.18. The molecule has 0 unspecified atom stereocenters. The molecular formula is C13H13BrFN3. The summed E-state index contributed by atoms with van der Waals surface area (Å²) in [6, 6.07) is 5.51. The van der Waals surface area contributed by atoms with E-state index in [2.05, 4.69) is 31.0 Å². The third kappa shape index (κ3) is 2.33. The summed E-state index contributed by atoms with van der Waals surface area (Å²) in [7, 11) is 0. The van der Waals surface area contributed by atoms with Crippen LogP contribution in [0.2, 0.25) is 0 Å². The number of H-pyrrole nitrogens is 1. The van der Waals surface area contributed by atoms with E-state index in [0.717, 1.165) is 40.8 Å². The first-order valence-corrected chi connectivity index (χ1v) is 6.69. The highest BCUT2D eigenvalue weighted by Crippen LogP contribution is 2.26. The number of hydrogen-bond acceptors (Lipinski definition) is 2. The molecule has 0 amide bonds. The van der Waals surface area contributed by atoms with Gasteiger partial charge in [0.05, 0.1) is 0 Å². The molecule has 0 aliphatic carbocycles. The predicted molar refractivity (Wildman–Crippen MR) is 70.5 cm³/mol. The lowest BCUT2D eigenvalue weighted by Crippen LogP contribution is -2.30. The molecule has 1 N–H and O–H groups in total. The van der Waals surface area contributed by atoms with E-state index in [1.807, 2.05) is 12.1 Å². The Morgan fingerprint density at radius 2 is 2.33 bits per heavy atom. The summed E-state index contributed by atoms with van der Waals surface area (Å²) < 4.78 is 14.7. The average Bonchev–Trinajstić information content (AvgIpc) is 2.83. The minimum atomic E-state index is -0.117. The van der Waals surface area contributed by atoms with Gasteiger partial charge in [0.1, 0.15) is 5.82 Å². The van der Waals surface area contributed by atoms with Crippen molar-refractivity contribution in [3.8, 4) is 0 Å². The molecule has 0 saturated heterocycles. The quantitative estimate of drug-likeness (QED) is 0.925. The largest absolute Gasteiger partial charge is 0.293 e. The van der Waals surface area contributed by atoms with Gasteiger partial charge < -0.3 is 0 Å². The van der Waals surface area contributed by atoms with E-state index < -0.39 is 0 Å². The van der Waals surface area contributed by atoms with Crippen molar-refractivity contribution in [2.75, 3.05) is 6.54 Å². The first-order valence-electron chi connectivity index (χ1n) is 5.90. The number of benzene rings is 1. The molecule has 0 spiro atoms. The molecule has 0 fully saturated rings. The fraction of sp³-hybridized carbons (Fsp3) is 0.308. The fourth-order valence-corrected chi connectivity index (χ4v) is 2.86. The number of rotatable bonds is 2. The van der Waals surface area contributed by atoms with E-state index in [0.29, 0.717) is 6.54 Å². The first-order chi connectivity index (χ1) is 8.72. The summed E-state index contributed by atoms with van der Waals surface area (Å²) >= 11 is 3.34. The lowest BCUT2D eigenvalue weighted by Gasteiger charge is -2.28. The van der Waals surface area contributed by atoms with Crippen molar-refractivity contribution in [2.45, 2.75) is 19.5 Å². The smallest absolute Gasteiger partial charge is 0.129 e. The molecule has 2 heterocycles. The van der Waals surface area contributed by atoms with Crippen LogP contribution in [0, 0.1) is 5.82 Å². The van der Waals surface area contributed by atoms with Crippen molar-refractivity contribution in [1.82, 2.24) is 15.1 Å². The van der Waals surface area contributed by atoms with Gasteiger partial charge in [-0.25, -0.2) is 4.39 Å². The van der Waals surface area contributed by atoms with Crippen molar-refractivity contribution < 1.29 is 4.39 Å². The van der Waals surface area contributed by atoms with E-state index in [-0.39, 0.29) is 5.82 Å². The Morgan fingerprint density at radius 1 is 1.44 bits per heavy atom. The zero-order chi connectivity index (χ0) is 12.5. The van der Waals surface area contributed by atoms with Gasteiger partial charge in [-0.2, -0.15) is 5.10 Å². The van der Waals surface area contributed by atoms with E-state index in [9.17, 15) is 4.39 Å². The van der Waals surface area contributed by atoms with Gasteiger partial charge in [-0.3, -0.25) is 10.00 Å². The zero-order valence-electron chi connectivity index (χ0n) is 9.79. The van der Waals surface area contributed by atoms with Crippen LogP contribution in [0.25, 0.3) is 0 Å². The Labute approximate surface area is 113 Å². The molecule has 0 saturated carbocycles. The maximum Gasteiger partial charge on any atom is 0.129 e. The molecule has 3 rings (SSSR count). The van der Waals surface area contributed by atoms with Crippen molar-refractivity contribution >= 4 is 15.9 Å². The van der Waals surface area contributed by atoms with Gasteiger partial charge in [0.25, 0.3) is 0 Å². The Morgan fingerprint density at radius 3 is 3.11 bits per heavy atom. The Balaban J connectivity index is 1.80. The lowest BCUT2D eigenvalue weighted by molar-refractivity contribution is 0.238. The van der Waals surface area contributed by atoms with Crippen molar-refractivity contribution in [3.63, 3.8) is 0 Å². The van der Waals surface area contributed by atoms with Gasteiger partial charge in [0.15, 0.2) is 0 Å². The Hall–Kier alpha value is -1.20. The van der Waals surface area contributed by atoms with Crippen LogP contribution in [-0.2, 0) is 19.5 Å². The number of nitrogens with one attached hydrogen (secondary N) is 1. The summed E-state index contributed by atoms with van der Waals surface area (Å²) in [5, 5.41) is 6.87. The SMILES string of the molecule is Fc1cc(Br)cc2c1CN(Cc1ccn[nH]1)CC2. The topological polar surface area (TPSA) is 31.9 Å². The van der Waals surface area contributed by atoms with Crippen LogP contribution in [0.4, 0.5) is 4.39 Å². The van der Waals surface area contributed by atoms with E-state index >= 15 is 0 Å². The second-order valence-corrected chi connectivity index (χ2v) is 5.48. The summed E-state index contributed by atoms with van der Waals surface area (Å²) in [5.74, 6) is -0.117. The number of nitrogens with zero attached hydrogens (tertiary/aromatic N) is 2. The maximum absolute atomic E-state index is 13.9. The first kappa shape index (κ1) is 11.9. The van der Waals surface area contributed by atoms with Gasteiger partial charge in [0.2, 0.25) is 0 Å². The number of aromatic nitrogens is 2. The molecule has 0 atom stereocenters. The van der Waals surface area contributed by atoms with Crippen molar-refractivity contribution in [3.05, 3.63) is 51.5 Å². The van der Waals surface area contributed by atoms with Crippen LogP contribution in [-0.4, -0.2) is 21.6 Å². The van der Waals surface area contributed by atoms with Crippen molar-refractivity contribution in [2.24, 2.45) is 0 Å². The molecule has 1 aliphatic rings. The number of hydrogen-bond donors (Lipinski definition) is 1. The minimum Gasteiger partial charge on any atom is -0.293 e. The lowest BCUT2D eigenvalue weighted by atomic mass is 9.99. The number of aromatic amines is 1. The van der Waals surface area contributed by atoms with E-state index in [4.69, 9.17) is 0 Å². The molecular weight excluding hydrogens is 297 g/mol. The normalized spacial score (nSPS) is 15.7. The third-order valence-electron chi connectivity index (χ3n) is 3.28. The minimum absolute atomic E-state index is 0.117. The molecule has 2 aromatic rings. The van der Waals surface area contributed by atoms with Crippen LogP contribution in [0.1, 0.15) is 16.8 Å². The highest BCUT2D eigenvalue weighted by Gasteiger charge is 2.20. The maximum atomic E-state index is 13.9. The molecule has 1 aliphatic heterocycles. The van der Waals surface area contributed by atoms with Gasteiger partial charge in [-0.15, -0.1) is 0 Å². The van der Waals surface area contributed by atoms with Crippen LogP contribution in [0.15, 0.2) is 28.9 Å². The highest BCUT2D eigenvalue weighted by atomic mass is 79.9. The number of fused-ring (bicyclic) bond motifs is 1. The monoisotopic (exact) mass is 309 g/mol. The van der Waals surface area contributed by atoms with Gasteiger partial charge in [-0.1, -0.05) is 15.9 Å². The second kappa shape index (κ2) is 4.82. The zero-order valence-corrected chi connectivity index (χ0v) is 11.4. The summed E-state index contributed by atoms with van der Waals surface area (Å²) in [5.41, 5.74) is 3.00. The molecule has 0 bridgehead atoms. The van der Waals surface area contributed by atoms with Crippen LogP contribution >= 0.6 is 15.9 Å². The summed E-state index contributed by atoms with van der Waals surface area (Å²) in [6.45, 7) is 2.39. The molecule has 94 valence electrons. The van der Waals surface area contributed by atoms with Gasteiger partial charge in [0, 0.05) is 41.6 Å². The van der Waals surface area contributed by atoms with Gasteiger partial charge in [-0.05, 0) is 30.2 Å². The Bertz CT molecular complexity index is 554. The fourth-order valence-electron chi connectivity index (χ4n) is 2.39. The molecule has 3 nitrogen and oxygen atoms in total. The van der Waals surface area contributed by atoms with Crippen LogP contribution in [0.5, 0.6) is 0 Å². The third-order valence-corrected chi connectivity index (χ3v) is 3.74. The molecule has 0 radical (unpaired) electrons. The summed E-state index contributed by atoms with van der Waals surface area (Å²) in [6.07, 6.45) is 2.63. The van der Waals surface area contributed by atoms with Gasteiger partial charge >= 0.3 is 0 Å². The predicted octanol–water partition coefficient (Wildman–Crippen LogP) is 2.87. The average molecular weight is 310 g/mol. The molecule has 18 heavy (non-hydrogen) atoms. The van der Waals surface area contributed by atoms with E-state index in [1.165, 1.54) is 0 Å². The van der Waals surface area contributed by atoms with Crippen LogP contribution < -0.4 is 0 Å². The molecule has 1 aromatic carbocycles. The standard InChI is InChI=1S/C13H13BrFN3/c14-10-5-9-2-4-18(7-11-1-3-16-17-11)8-12(9)13(15)6-10/h1,3,5-6H,2,4,7-8H2,(H,16,17). The van der Waals surface area contributed by atoms with Crippen LogP contribution in [0.3, 0.4) is 0 Å². The number of halogens is 2.